The summed E-state index contributed by atoms with van der Waals surface area (Å²) in [4.78, 5) is 73.4. The zero-order valence-corrected chi connectivity index (χ0v) is 35.4. The molecule has 3 heterocycles. The highest BCUT2D eigenvalue weighted by Gasteiger charge is 2.76. The first-order valence-corrected chi connectivity index (χ1v) is 20.9. The fourth-order valence-corrected chi connectivity index (χ4v) is 8.70. The summed E-state index contributed by atoms with van der Waals surface area (Å²) >= 11 is 0. The lowest BCUT2D eigenvalue weighted by atomic mass is 9.62. The van der Waals surface area contributed by atoms with Crippen LogP contribution < -0.4 is 10.6 Å². The molecule has 0 spiro atoms. The van der Waals surface area contributed by atoms with E-state index in [1.807, 2.05) is 60.7 Å². The van der Waals surface area contributed by atoms with E-state index in [1.165, 1.54) is 11.1 Å². The van der Waals surface area contributed by atoms with Crippen LogP contribution in [0.1, 0.15) is 68.7 Å². The maximum atomic E-state index is 14.9. The Morgan fingerprint density at radius 1 is 0.922 bits per heavy atom. The Bertz CT molecular complexity index is 2180. The second kappa shape index (κ2) is 18.8. The smallest absolute Gasteiger partial charge is 0.422 e. The Hall–Kier alpha value is -5.66. The van der Waals surface area contributed by atoms with E-state index in [9.17, 15) is 42.3 Å². The van der Waals surface area contributed by atoms with Crippen LogP contribution in [0, 0.1) is 5.41 Å². The minimum Gasteiger partial charge on any atom is -0.460 e. The maximum Gasteiger partial charge on any atom is 0.422 e. The third kappa shape index (κ3) is 10.0. The number of alkyl halides is 3. The summed E-state index contributed by atoms with van der Waals surface area (Å²) in [6.45, 7) is 2.64. The minimum absolute atomic E-state index is 0.0440. The summed E-state index contributed by atoms with van der Waals surface area (Å²) in [6.07, 6.45) is -6.87. The Balaban J connectivity index is 1.16. The molecule has 4 aliphatic rings. The predicted molar refractivity (Wildman–Crippen MR) is 219 cm³/mol. The van der Waals surface area contributed by atoms with Gasteiger partial charge in [-0.1, -0.05) is 84.9 Å². The Labute approximate surface area is 367 Å². The second-order valence-electron chi connectivity index (χ2n) is 17.1. The molecule has 3 aromatic rings. The summed E-state index contributed by atoms with van der Waals surface area (Å²) in [5.41, 5.74) is -0.248. The monoisotopic (exact) mass is 893 g/mol. The predicted octanol–water partition coefficient (Wildman–Crippen LogP) is 4.40. The van der Waals surface area contributed by atoms with Gasteiger partial charge in [0.15, 0.2) is 12.6 Å². The van der Waals surface area contributed by atoms with Crippen molar-refractivity contribution in [3.8, 4) is 0 Å². The van der Waals surface area contributed by atoms with Crippen LogP contribution in [-0.4, -0.2) is 108 Å². The number of hydrogen-bond donors (Lipinski definition) is 3. The number of carbonyl (C=O) groups is 5. The van der Waals surface area contributed by atoms with Crippen LogP contribution >= 0.6 is 0 Å². The molecule has 1 aliphatic carbocycles. The first-order valence-electron chi connectivity index (χ1n) is 20.9. The summed E-state index contributed by atoms with van der Waals surface area (Å²) in [6, 6.07) is 22.8. The van der Waals surface area contributed by atoms with Gasteiger partial charge in [-0.25, -0.2) is 4.79 Å². The van der Waals surface area contributed by atoms with E-state index in [-0.39, 0.29) is 38.8 Å². The molecule has 7 atom stereocenters. The lowest BCUT2D eigenvalue weighted by Gasteiger charge is -2.48. The molecule has 3 saturated heterocycles. The molecule has 0 aromatic heterocycles. The molecule has 64 heavy (non-hydrogen) atoms. The number of ether oxygens (including phenoxy) is 5. The average Bonchev–Trinajstić information content (AvgIpc) is 3.83. The lowest BCUT2D eigenvalue weighted by Crippen LogP contribution is -2.69. The topological polar surface area (TPSA) is 188 Å². The quantitative estimate of drug-likeness (QED) is 0.105. The van der Waals surface area contributed by atoms with E-state index in [1.54, 1.807) is 45.0 Å². The molecule has 18 heteroatoms. The third-order valence-corrected chi connectivity index (χ3v) is 11.4. The van der Waals surface area contributed by atoms with Crippen LogP contribution in [0.25, 0.3) is 6.08 Å². The average molecular weight is 894 g/mol. The molecule has 3 aliphatic heterocycles. The molecule has 342 valence electrons. The van der Waals surface area contributed by atoms with E-state index in [0.717, 1.165) is 6.08 Å². The van der Waals surface area contributed by atoms with Crippen molar-refractivity contribution in [3.05, 3.63) is 113 Å². The zero-order valence-electron chi connectivity index (χ0n) is 35.4. The Kier molecular flexibility index (Phi) is 13.6. The number of hydroxylamine groups is 2. The van der Waals surface area contributed by atoms with Gasteiger partial charge in [-0.05, 0) is 44.4 Å². The van der Waals surface area contributed by atoms with Gasteiger partial charge in [-0.2, -0.15) is 18.2 Å². The number of fused-ring (bicyclic) bond motifs is 4. The molecular formula is C46H50F3N3O12. The summed E-state index contributed by atoms with van der Waals surface area (Å²) in [5, 5.41) is 16.8. The number of hydrogen-bond acceptors (Lipinski definition) is 13. The van der Waals surface area contributed by atoms with E-state index in [4.69, 9.17) is 23.8 Å². The van der Waals surface area contributed by atoms with Gasteiger partial charge in [0.25, 0.3) is 0 Å². The molecule has 7 unspecified atom stereocenters. The number of rotatable bonds is 16. The Morgan fingerprint density at radius 3 is 2.20 bits per heavy atom. The van der Waals surface area contributed by atoms with Gasteiger partial charge < -0.3 is 39.4 Å². The van der Waals surface area contributed by atoms with E-state index in [2.05, 4.69) is 15.4 Å². The van der Waals surface area contributed by atoms with Crippen LogP contribution in [0.15, 0.2) is 91.0 Å². The fourth-order valence-electron chi connectivity index (χ4n) is 8.70. The van der Waals surface area contributed by atoms with Gasteiger partial charge >= 0.3 is 24.1 Å². The van der Waals surface area contributed by atoms with Gasteiger partial charge in [-0.15, -0.1) is 0 Å². The number of amides is 2. The first-order chi connectivity index (χ1) is 30.4. The molecule has 0 radical (unpaired) electrons. The molecule has 3 N–H and O–H groups in total. The number of benzene rings is 3. The van der Waals surface area contributed by atoms with Crippen molar-refractivity contribution in [1.82, 2.24) is 15.7 Å². The van der Waals surface area contributed by atoms with Gasteiger partial charge in [0, 0.05) is 43.0 Å². The fraction of sp³-hybridized carbons (Fsp3) is 0.457. The normalized spacial score (nSPS) is 25.2. The van der Waals surface area contributed by atoms with Crippen molar-refractivity contribution in [2.45, 2.75) is 107 Å². The van der Waals surface area contributed by atoms with Crippen molar-refractivity contribution >= 4 is 35.8 Å². The number of carbonyl (C=O) groups excluding carboxylic acids is 5. The van der Waals surface area contributed by atoms with Crippen molar-refractivity contribution in [2.75, 3.05) is 19.8 Å². The Morgan fingerprint density at radius 2 is 1.56 bits per heavy atom. The van der Waals surface area contributed by atoms with Crippen LogP contribution in [0.4, 0.5) is 13.2 Å². The summed E-state index contributed by atoms with van der Waals surface area (Å²) < 4.78 is 67.7. The molecule has 15 nitrogen and oxygen atoms in total. The highest BCUT2D eigenvalue weighted by molar-refractivity contribution is 5.94. The highest BCUT2D eigenvalue weighted by atomic mass is 19.4. The number of aliphatic hydroxyl groups is 1. The SMILES string of the molecule is CC(C)(C)OC(=O)CCC(CO)NC(=O)CCNC(=O)C12CC3OC(=O)C1N(Cc1ccccc1C=CC(=O)OCC(F)(F)F)OC2C1OC(c2ccccc2)(c2ccccc2)OC31. The van der Waals surface area contributed by atoms with Gasteiger partial charge in [0.1, 0.15) is 35.4 Å². The highest BCUT2D eigenvalue weighted by Crippen LogP contribution is 2.59. The number of nitrogens with zero attached hydrogens (tertiary/aromatic N) is 1. The van der Waals surface area contributed by atoms with Crippen LogP contribution in [0.3, 0.4) is 0 Å². The molecule has 3 aromatic carbocycles. The number of nitrogens with one attached hydrogen (secondary N) is 2. The molecule has 2 bridgehead atoms. The van der Waals surface area contributed by atoms with Gasteiger partial charge in [0.05, 0.1) is 19.2 Å². The summed E-state index contributed by atoms with van der Waals surface area (Å²) in [5.74, 6) is -5.15. The van der Waals surface area contributed by atoms with Crippen molar-refractivity contribution in [2.24, 2.45) is 5.41 Å². The number of aliphatic hydroxyl groups excluding tert-OH is 1. The van der Waals surface area contributed by atoms with Crippen LogP contribution in [0.5, 0.6) is 0 Å². The molecule has 1 saturated carbocycles. The number of esters is 3. The van der Waals surface area contributed by atoms with Gasteiger partial charge in [-0.3, -0.25) is 24.0 Å². The van der Waals surface area contributed by atoms with Crippen LogP contribution in [0.2, 0.25) is 0 Å². The standard InChI is InChI=1S/C46H50F3N3O12/c1-43(2,3)61-36(56)21-19-32(26-53)51-34(54)22-23-50-42(58)44-24-33-37-38(63-46(62-37,30-14-6-4-7-15-30)31-16-8-5-9-17-31)40(44)64-52(39(44)41(57)60-33)25-29-13-11-10-12-28(29)18-20-35(55)59-27-45(47,48)49/h4-18,20,32-33,37-40,53H,19,21-27H2,1-3H3,(H,50,58)(H,51,54). The summed E-state index contributed by atoms with van der Waals surface area (Å²) in [7, 11) is 0. The van der Waals surface area contributed by atoms with E-state index >= 15 is 0 Å². The lowest BCUT2D eigenvalue weighted by molar-refractivity contribution is -0.213. The van der Waals surface area contributed by atoms with Crippen molar-refractivity contribution in [3.63, 3.8) is 0 Å². The van der Waals surface area contributed by atoms with E-state index in [0.29, 0.717) is 22.3 Å². The maximum absolute atomic E-state index is 14.9. The number of halogens is 3. The first kappa shape index (κ1) is 46.3. The van der Waals surface area contributed by atoms with Crippen LogP contribution in [-0.2, 0) is 64.8 Å². The second-order valence-corrected chi connectivity index (χ2v) is 17.1. The molecule has 4 fully saturated rings. The van der Waals surface area contributed by atoms with Crippen molar-refractivity contribution < 1.29 is 70.8 Å². The zero-order chi connectivity index (χ0) is 45.9. The largest absolute Gasteiger partial charge is 0.460 e. The van der Waals surface area contributed by atoms with Gasteiger partial charge in [0.2, 0.25) is 17.6 Å². The molecule has 2 amide bonds. The van der Waals surface area contributed by atoms with Crippen molar-refractivity contribution in [1.29, 1.82) is 0 Å². The van der Waals surface area contributed by atoms with E-state index < -0.39 is 102 Å². The molecular weight excluding hydrogens is 844 g/mol. The minimum atomic E-state index is -4.71. The third-order valence-electron chi connectivity index (χ3n) is 11.4. The molecule has 7 rings (SSSR count).